The molecule has 10 atom stereocenters. The molecule has 2 aliphatic rings. The molecule has 2 heterocycles. The van der Waals surface area contributed by atoms with E-state index in [0.29, 0.717) is 17.5 Å². The number of carboxylic acids is 1. The first-order valence-electron chi connectivity index (χ1n) is 36.1. The zero-order valence-electron chi connectivity index (χ0n) is 61.5. The molecule has 13 amide bonds. The molecule has 2 aliphatic heterocycles. The van der Waals surface area contributed by atoms with Crippen LogP contribution >= 0.6 is 11.8 Å². The van der Waals surface area contributed by atoms with Crippen LogP contribution in [0.3, 0.4) is 0 Å². The Labute approximate surface area is 639 Å². The van der Waals surface area contributed by atoms with Crippen molar-refractivity contribution in [2.24, 2.45) is 34.6 Å². The van der Waals surface area contributed by atoms with Crippen molar-refractivity contribution in [3.63, 3.8) is 0 Å². The van der Waals surface area contributed by atoms with Gasteiger partial charge in [-0.15, -0.1) is 11.8 Å². The third-order valence-electron chi connectivity index (χ3n) is 17.6. The highest BCUT2D eigenvalue weighted by Crippen LogP contribution is 2.23. The number of hydrogen-bond acceptors (Lipinski definition) is 20. The van der Waals surface area contributed by atoms with Gasteiger partial charge in [-0.25, -0.2) is 0 Å². The summed E-state index contributed by atoms with van der Waals surface area (Å²) in [5, 5.41) is 80.8. The van der Waals surface area contributed by atoms with Crippen LogP contribution in [-0.2, 0) is 80.0 Å². The molecule has 602 valence electrons. The van der Waals surface area contributed by atoms with E-state index in [1.54, 1.807) is 38.1 Å². The maximum atomic E-state index is 15.3. The third-order valence-corrected chi connectivity index (χ3v) is 18.6. The molecule has 0 aromatic heterocycles. The van der Waals surface area contributed by atoms with E-state index in [1.807, 2.05) is 18.2 Å². The summed E-state index contributed by atoms with van der Waals surface area (Å²) in [7, 11) is 0. The summed E-state index contributed by atoms with van der Waals surface area (Å²) < 4.78 is 0. The number of benzene rings is 3. The average Bonchev–Trinajstić information content (AvgIpc) is 1.46. The largest absolute Gasteiger partial charge is 0.508 e. The van der Waals surface area contributed by atoms with Crippen LogP contribution in [0, 0.1) is 22.1 Å². The number of rotatable bonds is 25. The number of nitrogens with one attached hydrogen (secondary N) is 17. The highest BCUT2D eigenvalue weighted by atomic mass is 32.2. The van der Waals surface area contributed by atoms with Crippen LogP contribution in [0.15, 0.2) is 66.7 Å². The molecular formula is C70H105N23O16S. The van der Waals surface area contributed by atoms with Crippen LogP contribution < -0.4 is 103 Å². The van der Waals surface area contributed by atoms with Gasteiger partial charge in [-0.2, -0.15) is 0 Å². The van der Waals surface area contributed by atoms with E-state index >= 15 is 14.4 Å². The minimum Gasteiger partial charge on any atom is -0.508 e. The number of unbranched alkanes of at least 4 members (excludes halogenated alkanes) is 1. The molecule has 5 rings (SSSR count). The standard InChI is InChI=1S/C70H105N23O16S/c1-38(2)29-48-62(104)87-46(15-8-26-80-69(75)76)61(103)91-50(32-40-18-21-41-11-3-4-12-42(41)30-40)64(106)89-47(16-9-27-81-70(77)78)67(109)93-28-10-17-53(93)66(108)88-45(13-5-6-24-71)60(102)92-51(33-57(98)99)65(107)86-44(14-7-25-79-68(73)74)59(101)83-34-54(95)82-35-55(96)85-52(58(72)100)36-110-37-56(97)84-49(63(105)90-48)31-39-19-22-43(94)23-20-39/h3-4,11-12,18-23,30,38,44-53,94H,5-10,13-17,24-29,31-37,71H2,1-2H3,(H2,72,100)(H,82,95)(H,83,101)(H,84,97)(H,85,96)(H,86,107)(H,87,104)(H,88,108)(H,89,106)(H,90,105)(H,91,103)(H,92,102)(H,98,99)(H4,73,74,79)(H4,75,76,80)(H4,77,78,81)/t44-,45-,46-,47-,48-,49-,50-,51-,52-,53-/m0/s1. The van der Waals surface area contributed by atoms with Crippen molar-refractivity contribution in [2.45, 2.75) is 171 Å². The second-order valence-electron chi connectivity index (χ2n) is 27.0. The average molecular weight is 1560 g/mol. The maximum Gasteiger partial charge on any atom is 0.305 e. The van der Waals surface area contributed by atoms with Gasteiger partial charge in [-0.05, 0) is 124 Å². The lowest BCUT2D eigenvalue weighted by Crippen LogP contribution is -2.61. The van der Waals surface area contributed by atoms with Crippen LogP contribution in [0.1, 0.15) is 108 Å². The molecule has 0 saturated carbocycles. The van der Waals surface area contributed by atoms with Crippen molar-refractivity contribution in [1.29, 1.82) is 16.2 Å². The topological polar surface area (TPSA) is 653 Å². The van der Waals surface area contributed by atoms with Gasteiger partial charge in [0, 0.05) is 44.8 Å². The summed E-state index contributed by atoms with van der Waals surface area (Å²) in [6.07, 6.45) is -1.28. The first-order valence-corrected chi connectivity index (χ1v) is 37.3. The zero-order valence-corrected chi connectivity index (χ0v) is 62.3. The van der Waals surface area contributed by atoms with Crippen molar-refractivity contribution in [3.8, 4) is 5.75 Å². The molecule has 2 saturated heterocycles. The lowest BCUT2D eigenvalue weighted by atomic mass is 9.99. The van der Waals surface area contributed by atoms with Gasteiger partial charge in [-0.3, -0.25) is 83.4 Å². The van der Waals surface area contributed by atoms with Crippen LogP contribution in [0.4, 0.5) is 0 Å². The van der Waals surface area contributed by atoms with E-state index in [2.05, 4.69) is 74.4 Å². The minimum absolute atomic E-state index is 0.0137. The minimum atomic E-state index is -1.93. The van der Waals surface area contributed by atoms with E-state index in [-0.39, 0.29) is 134 Å². The van der Waals surface area contributed by atoms with Crippen molar-refractivity contribution in [3.05, 3.63) is 77.9 Å². The second-order valence-corrected chi connectivity index (χ2v) is 28.0. The van der Waals surface area contributed by atoms with Gasteiger partial charge >= 0.3 is 5.97 Å². The van der Waals surface area contributed by atoms with E-state index in [1.165, 1.54) is 29.2 Å². The zero-order chi connectivity index (χ0) is 81.0. The first-order chi connectivity index (χ1) is 52.3. The van der Waals surface area contributed by atoms with E-state index in [0.717, 1.165) is 22.5 Å². The number of aromatic hydroxyl groups is 1. The number of thioether (sulfide) groups is 1. The lowest BCUT2D eigenvalue weighted by molar-refractivity contribution is -0.143. The number of aliphatic carboxylic acids is 1. The summed E-state index contributed by atoms with van der Waals surface area (Å²) >= 11 is 0.807. The number of nitrogens with zero attached hydrogens (tertiary/aromatic N) is 1. The number of hydrogen-bond donors (Lipinski definition) is 24. The Morgan fingerprint density at radius 2 is 1.00 bits per heavy atom. The molecule has 39 nitrogen and oxygen atoms in total. The van der Waals surface area contributed by atoms with Crippen molar-refractivity contribution < 1.29 is 77.3 Å². The van der Waals surface area contributed by atoms with Crippen LogP contribution in [0.5, 0.6) is 5.75 Å². The number of carboxylic acid groups (broad SMARTS) is 1. The smallest absolute Gasteiger partial charge is 0.305 e. The third kappa shape index (κ3) is 31.7. The second kappa shape index (κ2) is 45.9. The van der Waals surface area contributed by atoms with E-state index in [9.17, 15) is 63.0 Å². The Balaban J connectivity index is 1.61. The predicted octanol–water partition coefficient (Wildman–Crippen LogP) is -5.41. The van der Waals surface area contributed by atoms with Gasteiger partial charge < -0.3 is 118 Å². The van der Waals surface area contributed by atoms with E-state index < -0.39 is 186 Å². The van der Waals surface area contributed by atoms with Crippen molar-refractivity contribution >= 4 is 123 Å². The summed E-state index contributed by atoms with van der Waals surface area (Å²) in [4.78, 5) is 199. The quantitative estimate of drug-likeness (QED) is 0.0214. The molecule has 0 spiro atoms. The molecule has 0 aliphatic carbocycles. The summed E-state index contributed by atoms with van der Waals surface area (Å²) in [6.45, 7) is 2.03. The molecule has 40 heteroatoms. The Hall–Kier alpha value is -11.6. The summed E-state index contributed by atoms with van der Waals surface area (Å²) in [5.41, 5.74) is 29.1. The molecule has 2 fully saturated rings. The number of guanidine groups is 3. The number of carbonyl (C=O) groups excluding carboxylic acids is 13. The number of phenols is 1. The van der Waals surface area contributed by atoms with Gasteiger partial charge in [0.25, 0.3) is 0 Å². The fourth-order valence-corrected chi connectivity index (χ4v) is 12.9. The Bertz CT molecular complexity index is 3760. The number of carbonyl (C=O) groups is 14. The normalized spacial score (nSPS) is 22.7. The summed E-state index contributed by atoms with van der Waals surface area (Å²) in [5.74, 6) is -16.3. The number of nitrogens with two attached hydrogens (primary N) is 5. The van der Waals surface area contributed by atoms with Gasteiger partial charge in [0.05, 0.1) is 25.3 Å². The van der Waals surface area contributed by atoms with Gasteiger partial charge in [0.15, 0.2) is 17.9 Å². The van der Waals surface area contributed by atoms with Crippen LogP contribution in [0.25, 0.3) is 10.8 Å². The molecule has 3 aromatic rings. The fourth-order valence-electron chi connectivity index (χ4n) is 12.0. The van der Waals surface area contributed by atoms with E-state index in [4.69, 9.17) is 44.9 Å². The number of phenolic OH excluding ortho intramolecular Hbond substituents is 1. The van der Waals surface area contributed by atoms with Gasteiger partial charge in [0.2, 0.25) is 76.8 Å². The fraction of sp³-hybridized carbons (Fsp3) is 0.529. The van der Waals surface area contributed by atoms with Crippen molar-refractivity contribution in [1.82, 2.24) is 79.3 Å². The lowest BCUT2D eigenvalue weighted by Gasteiger charge is -2.31. The Morgan fingerprint density at radius 3 is 1.57 bits per heavy atom. The molecular weight excluding hydrogens is 1450 g/mol. The molecule has 0 bridgehead atoms. The Morgan fingerprint density at radius 1 is 0.527 bits per heavy atom. The molecule has 0 unspecified atom stereocenters. The monoisotopic (exact) mass is 1560 g/mol. The Kier molecular flexibility index (Phi) is 37.2. The number of primary amides is 1. The van der Waals surface area contributed by atoms with Crippen molar-refractivity contribution in [2.75, 3.05) is 57.3 Å². The number of fused-ring (bicyclic) bond motifs is 2. The first kappa shape index (κ1) is 89.0. The maximum absolute atomic E-state index is 15.3. The van der Waals surface area contributed by atoms with Gasteiger partial charge in [-0.1, -0.05) is 68.4 Å². The highest BCUT2D eigenvalue weighted by molar-refractivity contribution is 8.00. The molecule has 110 heavy (non-hydrogen) atoms. The summed E-state index contributed by atoms with van der Waals surface area (Å²) in [6, 6.07) is 3.17. The molecule has 0 radical (unpaired) electrons. The number of amides is 13. The highest BCUT2D eigenvalue weighted by Gasteiger charge is 2.41. The van der Waals surface area contributed by atoms with Gasteiger partial charge in [0.1, 0.15) is 66.2 Å². The predicted molar refractivity (Wildman–Crippen MR) is 406 cm³/mol. The van der Waals surface area contributed by atoms with Crippen LogP contribution in [0.2, 0.25) is 0 Å². The molecule has 3 aromatic carbocycles. The molecule has 29 N–H and O–H groups in total. The SMILES string of the molecule is CC(C)C[C@@H]1NC(=O)[C@H](Cc2ccc(O)cc2)NC(=O)CSC[C@@H](C(N)=O)NC(=O)CNC(=O)CNC(=O)[C@H](CCCNC(=N)N)NC(=O)[C@H](CC(=O)O)NC(=O)[C@H](CCCCN)NC(=O)[C@@H]2CCCN2C(=O)[C@H](CCCNC(=N)N)NC(=O)[C@H](Cc2ccc3ccccc3c2)NC(=O)[C@H](CCCNC(=N)N)NC1=O. The van der Waals surface area contributed by atoms with Crippen LogP contribution in [-0.4, -0.2) is 233 Å².